The highest BCUT2D eigenvalue weighted by molar-refractivity contribution is 5.93. The van der Waals surface area contributed by atoms with Gasteiger partial charge in [0.05, 0.1) is 12.0 Å². The van der Waals surface area contributed by atoms with Crippen molar-refractivity contribution in [3.63, 3.8) is 0 Å². The number of aromatic nitrogens is 3. The molecule has 0 aliphatic rings. The molecule has 3 N–H and O–H groups in total. The third-order valence-corrected chi connectivity index (χ3v) is 2.82. The molecule has 0 radical (unpaired) electrons. The van der Waals surface area contributed by atoms with Crippen LogP contribution in [0.4, 0.5) is 5.82 Å². The fraction of sp³-hybridized carbons (Fsp3) is 0.0769. The molecule has 0 saturated heterocycles. The van der Waals surface area contributed by atoms with Crippen LogP contribution in [0, 0.1) is 6.92 Å². The number of pyridine rings is 1. The molecule has 0 amide bonds. The van der Waals surface area contributed by atoms with E-state index in [1.807, 2.05) is 23.8 Å². The van der Waals surface area contributed by atoms with Crippen molar-refractivity contribution in [3.8, 4) is 11.4 Å². The number of fused-ring (bicyclic) bond motifs is 1. The Balaban J connectivity index is 2.44. The van der Waals surface area contributed by atoms with E-state index in [-0.39, 0.29) is 5.75 Å². The van der Waals surface area contributed by atoms with Crippen molar-refractivity contribution in [2.24, 2.45) is 0 Å². The molecule has 5 heteroatoms. The van der Waals surface area contributed by atoms with E-state index in [1.165, 1.54) is 0 Å². The fourth-order valence-electron chi connectivity index (χ4n) is 2.07. The Bertz CT molecular complexity index is 719. The second-order valence-corrected chi connectivity index (χ2v) is 4.22. The maximum Gasteiger partial charge on any atom is 0.142 e. The van der Waals surface area contributed by atoms with Crippen LogP contribution >= 0.6 is 0 Å². The summed E-state index contributed by atoms with van der Waals surface area (Å²) in [6.45, 7) is 1.92. The summed E-state index contributed by atoms with van der Waals surface area (Å²) < 4.78 is 1.85. The van der Waals surface area contributed by atoms with Crippen LogP contribution in [0.25, 0.3) is 16.6 Å². The Morgan fingerprint density at radius 2 is 2.11 bits per heavy atom. The minimum absolute atomic E-state index is 0.138. The molecule has 3 rings (SSSR count). The quantitative estimate of drug-likeness (QED) is 0.682. The lowest BCUT2D eigenvalue weighted by molar-refractivity contribution is 0.480. The van der Waals surface area contributed by atoms with Crippen molar-refractivity contribution in [1.29, 1.82) is 0 Å². The van der Waals surface area contributed by atoms with Gasteiger partial charge in [0.25, 0.3) is 0 Å². The van der Waals surface area contributed by atoms with Gasteiger partial charge in [-0.25, -0.2) is 9.97 Å². The molecule has 5 nitrogen and oxygen atoms in total. The highest BCUT2D eigenvalue weighted by Gasteiger charge is 2.10. The molecular weight excluding hydrogens is 228 g/mol. The van der Waals surface area contributed by atoms with Crippen molar-refractivity contribution >= 4 is 16.7 Å². The molecule has 2 aromatic heterocycles. The predicted octanol–water partition coefficient (Wildman–Crippen LogP) is 2.02. The molecule has 2 heterocycles. The normalized spacial score (nSPS) is 10.9. The fourth-order valence-corrected chi connectivity index (χ4v) is 2.07. The van der Waals surface area contributed by atoms with Gasteiger partial charge in [-0.05, 0) is 24.6 Å². The molecule has 0 spiro atoms. The number of nitrogen functional groups attached to an aromatic ring is 1. The number of rotatable bonds is 1. The number of nitrogens with two attached hydrogens (primary N) is 1. The molecule has 18 heavy (non-hydrogen) atoms. The van der Waals surface area contributed by atoms with E-state index >= 15 is 0 Å². The molecule has 0 aliphatic heterocycles. The van der Waals surface area contributed by atoms with Gasteiger partial charge in [0.2, 0.25) is 0 Å². The molecular formula is C13H12N4O. The molecule has 0 aliphatic carbocycles. The molecule has 0 unspecified atom stereocenters. The topological polar surface area (TPSA) is 77.0 Å². The first kappa shape index (κ1) is 10.6. The lowest BCUT2D eigenvalue weighted by Gasteiger charge is -2.10. The maximum absolute atomic E-state index is 9.96. The first-order valence-corrected chi connectivity index (χ1v) is 5.53. The first-order valence-electron chi connectivity index (χ1n) is 5.53. The summed E-state index contributed by atoms with van der Waals surface area (Å²) in [4.78, 5) is 8.20. The number of hydrogen-bond acceptors (Lipinski definition) is 4. The molecule has 1 aromatic carbocycles. The number of anilines is 1. The number of benzene rings is 1. The second kappa shape index (κ2) is 3.73. The lowest BCUT2D eigenvalue weighted by Crippen LogP contribution is -1.98. The molecule has 0 saturated carbocycles. The number of nitrogens with zero attached hydrogens (tertiary/aromatic N) is 3. The van der Waals surface area contributed by atoms with Crippen LogP contribution in [0.15, 0.2) is 36.9 Å². The van der Waals surface area contributed by atoms with Gasteiger partial charge in [0.15, 0.2) is 0 Å². The van der Waals surface area contributed by atoms with Gasteiger partial charge < -0.3 is 15.4 Å². The standard InChI is InChI=1S/C13H12N4O/c1-8-4-9-10(17-3-2-15-7-17)6-12(14)16-13(9)11(18)5-8/h2-7,18H,1H3,(H2,14,16). The Morgan fingerprint density at radius 3 is 2.83 bits per heavy atom. The van der Waals surface area contributed by atoms with Gasteiger partial charge >= 0.3 is 0 Å². The smallest absolute Gasteiger partial charge is 0.142 e. The lowest BCUT2D eigenvalue weighted by atomic mass is 10.1. The molecule has 90 valence electrons. The van der Waals surface area contributed by atoms with Crippen LogP contribution in [0.3, 0.4) is 0 Å². The SMILES string of the molecule is Cc1cc(O)c2nc(N)cc(-n3ccnc3)c2c1. The molecule has 0 bridgehead atoms. The molecule has 0 atom stereocenters. The Morgan fingerprint density at radius 1 is 1.28 bits per heavy atom. The minimum atomic E-state index is 0.138. The first-order chi connectivity index (χ1) is 8.65. The zero-order valence-corrected chi connectivity index (χ0v) is 9.83. The third-order valence-electron chi connectivity index (χ3n) is 2.82. The molecule has 3 aromatic rings. The third kappa shape index (κ3) is 1.57. The van der Waals surface area contributed by atoms with E-state index < -0.39 is 0 Å². The van der Waals surface area contributed by atoms with E-state index in [9.17, 15) is 5.11 Å². The van der Waals surface area contributed by atoms with Gasteiger partial charge in [-0.1, -0.05) is 0 Å². The summed E-state index contributed by atoms with van der Waals surface area (Å²) in [5, 5.41) is 10.8. The summed E-state index contributed by atoms with van der Waals surface area (Å²) in [5.74, 6) is 0.504. The van der Waals surface area contributed by atoms with Gasteiger partial charge in [0.1, 0.15) is 17.1 Å². The summed E-state index contributed by atoms with van der Waals surface area (Å²) in [6, 6.07) is 5.41. The number of phenolic OH excluding ortho intramolecular Hbond substituents is 1. The average molecular weight is 240 g/mol. The van der Waals surface area contributed by atoms with Crippen LogP contribution in [-0.4, -0.2) is 19.6 Å². The monoisotopic (exact) mass is 240 g/mol. The van der Waals surface area contributed by atoms with Crippen molar-refractivity contribution in [3.05, 3.63) is 42.5 Å². The zero-order valence-electron chi connectivity index (χ0n) is 9.83. The van der Waals surface area contributed by atoms with Crippen molar-refractivity contribution in [1.82, 2.24) is 14.5 Å². The van der Waals surface area contributed by atoms with Gasteiger partial charge in [-0.2, -0.15) is 0 Å². The van der Waals surface area contributed by atoms with E-state index in [1.54, 1.807) is 24.7 Å². The van der Waals surface area contributed by atoms with Gasteiger partial charge in [0, 0.05) is 23.8 Å². The van der Waals surface area contributed by atoms with Crippen LogP contribution in [0.2, 0.25) is 0 Å². The number of phenols is 1. The highest BCUT2D eigenvalue weighted by atomic mass is 16.3. The Hall–Kier alpha value is -2.56. The van der Waals surface area contributed by atoms with Gasteiger partial charge in [-0.15, -0.1) is 0 Å². The van der Waals surface area contributed by atoms with Crippen molar-refractivity contribution in [2.75, 3.05) is 5.73 Å². The zero-order chi connectivity index (χ0) is 12.7. The number of aryl methyl sites for hydroxylation is 1. The Labute approximate surface area is 104 Å². The van der Waals surface area contributed by atoms with E-state index in [0.717, 1.165) is 16.6 Å². The number of imidazole rings is 1. The molecule has 0 fully saturated rings. The van der Waals surface area contributed by atoms with Crippen LogP contribution in [-0.2, 0) is 0 Å². The number of hydrogen-bond donors (Lipinski definition) is 2. The number of aromatic hydroxyl groups is 1. The average Bonchev–Trinajstić information content (AvgIpc) is 2.83. The van der Waals surface area contributed by atoms with Crippen molar-refractivity contribution < 1.29 is 5.11 Å². The van der Waals surface area contributed by atoms with E-state index in [2.05, 4.69) is 9.97 Å². The van der Waals surface area contributed by atoms with E-state index in [0.29, 0.717) is 11.3 Å². The van der Waals surface area contributed by atoms with Crippen LogP contribution in [0.1, 0.15) is 5.56 Å². The van der Waals surface area contributed by atoms with E-state index in [4.69, 9.17) is 5.73 Å². The summed E-state index contributed by atoms with van der Waals surface area (Å²) >= 11 is 0. The summed E-state index contributed by atoms with van der Waals surface area (Å²) in [5.41, 5.74) is 8.11. The summed E-state index contributed by atoms with van der Waals surface area (Å²) in [7, 11) is 0. The van der Waals surface area contributed by atoms with Gasteiger partial charge in [-0.3, -0.25) is 0 Å². The minimum Gasteiger partial charge on any atom is -0.506 e. The Kier molecular flexibility index (Phi) is 2.19. The van der Waals surface area contributed by atoms with Crippen molar-refractivity contribution in [2.45, 2.75) is 6.92 Å². The summed E-state index contributed by atoms with van der Waals surface area (Å²) in [6.07, 6.45) is 5.21. The van der Waals surface area contributed by atoms with Crippen LogP contribution < -0.4 is 5.73 Å². The maximum atomic E-state index is 9.96. The highest BCUT2D eigenvalue weighted by Crippen LogP contribution is 2.30. The van der Waals surface area contributed by atoms with Crippen LogP contribution in [0.5, 0.6) is 5.75 Å². The second-order valence-electron chi connectivity index (χ2n) is 4.22. The predicted molar refractivity (Wildman–Crippen MR) is 69.7 cm³/mol. The largest absolute Gasteiger partial charge is 0.506 e.